The molecule has 1 saturated heterocycles. The van der Waals surface area contributed by atoms with Gasteiger partial charge < -0.3 is 25.1 Å². The molecule has 2 aliphatic rings. The van der Waals surface area contributed by atoms with E-state index < -0.39 is 18.1 Å². The molecular formula is C12H20N2O5. The van der Waals surface area contributed by atoms with Crippen LogP contribution in [0, 0.1) is 0 Å². The molecule has 108 valence electrons. The Morgan fingerprint density at radius 3 is 2.47 bits per heavy atom. The van der Waals surface area contributed by atoms with Crippen LogP contribution in [0.15, 0.2) is 0 Å². The van der Waals surface area contributed by atoms with E-state index in [1.54, 1.807) is 0 Å². The normalized spacial score (nSPS) is 27.2. The summed E-state index contributed by atoms with van der Waals surface area (Å²) in [6.45, 7) is 0.114. The van der Waals surface area contributed by atoms with Crippen LogP contribution in [0.4, 0.5) is 4.79 Å². The van der Waals surface area contributed by atoms with Crippen molar-refractivity contribution in [2.75, 3.05) is 19.7 Å². The minimum absolute atomic E-state index is 0.0461. The van der Waals surface area contributed by atoms with Gasteiger partial charge in [0.15, 0.2) is 0 Å². The number of nitrogens with zero attached hydrogens (tertiary/aromatic N) is 2. The maximum Gasteiger partial charge on any atom is 0.326 e. The van der Waals surface area contributed by atoms with Crippen LogP contribution in [0.5, 0.6) is 0 Å². The Morgan fingerprint density at radius 2 is 2.00 bits per heavy atom. The van der Waals surface area contributed by atoms with E-state index in [0.29, 0.717) is 0 Å². The van der Waals surface area contributed by atoms with Gasteiger partial charge in [0.05, 0.1) is 12.7 Å². The first kappa shape index (κ1) is 14.1. The molecule has 0 aromatic heterocycles. The topological polar surface area (TPSA) is 101 Å². The van der Waals surface area contributed by atoms with Gasteiger partial charge >= 0.3 is 12.0 Å². The number of hydrogen-bond donors (Lipinski definition) is 3. The second-order valence-corrected chi connectivity index (χ2v) is 5.18. The van der Waals surface area contributed by atoms with Crippen molar-refractivity contribution in [3.05, 3.63) is 0 Å². The summed E-state index contributed by atoms with van der Waals surface area (Å²) in [4.78, 5) is 26.3. The molecule has 0 aromatic rings. The van der Waals surface area contributed by atoms with E-state index >= 15 is 0 Å². The molecule has 1 saturated carbocycles. The smallest absolute Gasteiger partial charge is 0.326 e. The average Bonchev–Trinajstić information content (AvgIpc) is 2.67. The fraction of sp³-hybridized carbons (Fsp3) is 0.833. The minimum Gasteiger partial charge on any atom is -0.480 e. The SMILES string of the molecule is O=C(O)[C@@H]1C[C@H](O)CN1C(=O)N(CCO)C1CCC1. The monoisotopic (exact) mass is 272 g/mol. The molecular weight excluding hydrogens is 252 g/mol. The van der Waals surface area contributed by atoms with Gasteiger partial charge in [-0.05, 0) is 19.3 Å². The van der Waals surface area contributed by atoms with Crippen molar-refractivity contribution >= 4 is 12.0 Å². The van der Waals surface area contributed by atoms with Crippen molar-refractivity contribution in [2.45, 2.75) is 43.9 Å². The molecule has 1 aliphatic carbocycles. The molecule has 2 amide bonds. The summed E-state index contributed by atoms with van der Waals surface area (Å²) in [6.07, 6.45) is 2.10. The van der Waals surface area contributed by atoms with E-state index in [1.807, 2.05) is 0 Å². The van der Waals surface area contributed by atoms with Crippen LogP contribution in [0.2, 0.25) is 0 Å². The summed E-state index contributed by atoms with van der Waals surface area (Å²) < 4.78 is 0. The number of β-amino-alcohol motifs (C(OH)–C–C–N with tert-alkyl or cyclic N) is 1. The zero-order chi connectivity index (χ0) is 14.0. The number of aliphatic carboxylic acids is 1. The average molecular weight is 272 g/mol. The van der Waals surface area contributed by atoms with E-state index in [1.165, 1.54) is 9.80 Å². The first-order chi connectivity index (χ1) is 9.04. The van der Waals surface area contributed by atoms with Gasteiger partial charge in [-0.25, -0.2) is 9.59 Å². The third kappa shape index (κ3) is 2.82. The highest BCUT2D eigenvalue weighted by Crippen LogP contribution is 2.28. The highest BCUT2D eigenvalue weighted by Gasteiger charge is 2.42. The number of aliphatic hydroxyl groups excluding tert-OH is 2. The van der Waals surface area contributed by atoms with Gasteiger partial charge in [0, 0.05) is 25.6 Å². The first-order valence-electron chi connectivity index (χ1n) is 6.63. The van der Waals surface area contributed by atoms with E-state index in [0.717, 1.165) is 19.3 Å². The van der Waals surface area contributed by atoms with Crippen LogP contribution >= 0.6 is 0 Å². The predicted molar refractivity (Wildman–Crippen MR) is 65.6 cm³/mol. The van der Waals surface area contributed by atoms with E-state index in [4.69, 9.17) is 10.2 Å². The van der Waals surface area contributed by atoms with Crippen LogP contribution in [0.25, 0.3) is 0 Å². The standard InChI is InChI=1S/C12H20N2O5/c15-5-4-13(8-2-1-3-8)12(19)14-7-9(16)6-10(14)11(17)18/h8-10,15-16H,1-7H2,(H,17,18)/t9-,10-/m0/s1. The highest BCUT2D eigenvalue weighted by atomic mass is 16.4. The molecule has 0 unspecified atom stereocenters. The number of carbonyl (C=O) groups excluding carboxylic acids is 1. The quantitative estimate of drug-likeness (QED) is 0.639. The molecule has 19 heavy (non-hydrogen) atoms. The predicted octanol–water partition coefficient (Wildman–Crippen LogP) is -0.527. The number of rotatable bonds is 4. The van der Waals surface area contributed by atoms with Crippen LogP contribution in [0.1, 0.15) is 25.7 Å². The Balaban J connectivity index is 2.08. The number of carboxylic acids is 1. The lowest BCUT2D eigenvalue weighted by atomic mass is 9.91. The maximum absolute atomic E-state index is 12.4. The van der Waals surface area contributed by atoms with Crippen molar-refractivity contribution in [1.82, 2.24) is 9.80 Å². The largest absolute Gasteiger partial charge is 0.480 e. The molecule has 1 aliphatic heterocycles. The molecule has 2 fully saturated rings. The minimum atomic E-state index is -1.09. The number of carboxylic acid groups (broad SMARTS) is 1. The van der Waals surface area contributed by atoms with Gasteiger partial charge in [-0.3, -0.25) is 0 Å². The molecule has 2 atom stereocenters. The fourth-order valence-electron chi connectivity index (χ4n) is 2.66. The molecule has 0 aromatic carbocycles. The van der Waals surface area contributed by atoms with Gasteiger partial charge in [-0.2, -0.15) is 0 Å². The molecule has 1 heterocycles. The summed E-state index contributed by atoms with van der Waals surface area (Å²) in [6, 6.07) is -1.27. The zero-order valence-electron chi connectivity index (χ0n) is 10.7. The lowest BCUT2D eigenvalue weighted by Crippen LogP contribution is -2.54. The third-order valence-electron chi connectivity index (χ3n) is 3.91. The maximum atomic E-state index is 12.4. The van der Waals surface area contributed by atoms with E-state index in [2.05, 4.69) is 0 Å². The summed E-state index contributed by atoms with van der Waals surface area (Å²) in [5.74, 6) is -1.09. The van der Waals surface area contributed by atoms with E-state index in [-0.39, 0.29) is 38.2 Å². The Morgan fingerprint density at radius 1 is 1.32 bits per heavy atom. The molecule has 0 spiro atoms. The van der Waals surface area contributed by atoms with Crippen molar-refractivity contribution < 1.29 is 24.9 Å². The van der Waals surface area contributed by atoms with Gasteiger partial charge in [-0.1, -0.05) is 0 Å². The third-order valence-corrected chi connectivity index (χ3v) is 3.91. The molecule has 7 heteroatoms. The molecule has 2 rings (SSSR count). The van der Waals surface area contributed by atoms with Crippen LogP contribution < -0.4 is 0 Å². The molecule has 0 radical (unpaired) electrons. The highest BCUT2D eigenvalue weighted by molar-refractivity contribution is 5.83. The Hall–Kier alpha value is -1.34. The number of urea groups is 1. The summed E-state index contributed by atoms with van der Waals surface area (Å²) in [5, 5.41) is 27.7. The lowest BCUT2D eigenvalue weighted by molar-refractivity contribution is -0.141. The zero-order valence-corrected chi connectivity index (χ0v) is 10.7. The number of aliphatic hydroxyl groups is 2. The van der Waals surface area contributed by atoms with Gasteiger partial charge in [0.1, 0.15) is 6.04 Å². The lowest BCUT2D eigenvalue weighted by Gasteiger charge is -2.40. The van der Waals surface area contributed by atoms with Gasteiger partial charge in [0.2, 0.25) is 0 Å². The number of likely N-dealkylation sites (tertiary alicyclic amines) is 1. The fourth-order valence-corrected chi connectivity index (χ4v) is 2.66. The molecule has 3 N–H and O–H groups in total. The van der Waals surface area contributed by atoms with Crippen molar-refractivity contribution in [2.24, 2.45) is 0 Å². The van der Waals surface area contributed by atoms with Crippen molar-refractivity contribution in [3.63, 3.8) is 0 Å². The van der Waals surface area contributed by atoms with Gasteiger partial charge in [0.25, 0.3) is 0 Å². The Labute approximate surface area is 111 Å². The summed E-state index contributed by atoms with van der Waals surface area (Å²) in [5.41, 5.74) is 0. The van der Waals surface area contributed by atoms with Crippen LogP contribution in [-0.4, -0.2) is 75.0 Å². The van der Waals surface area contributed by atoms with Crippen molar-refractivity contribution in [3.8, 4) is 0 Å². The van der Waals surface area contributed by atoms with Crippen molar-refractivity contribution in [1.29, 1.82) is 0 Å². The number of carbonyl (C=O) groups is 2. The number of hydrogen-bond acceptors (Lipinski definition) is 4. The Bertz CT molecular complexity index is 358. The Kier molecular flexibility index (Phi) is 4.26. The molecule has 0 bridgehead atoms. The van der Waals surface area contributed by atoms with Crippen LogP contribution in [0.3, 0.4) is 0 Å². The first-order valence-corrected chi connectivity index (χ1v) is 6.63. The summed E-state index contributed by atoms with van der Waals surface area (Å²) in [7, 11) is 0. The molecule has 7 nitrogen and oxygen atoms in total. The van der Waals surface area contributed by atoms with Gasteiger partial charge in [-0.15, -0.1) is 0 Å². The van der Waals surface area contributed by atoms with E-state index in [9.17, 15) is 14.7 Å². The second-order valence-electron chi connectivity index (χ2n) is 5.18. The van der Waals surface area contributed by atoms with Crippen LogP contribution in [-0.2, 0) is 4.79 Å². The second kappa shape index (κ2) is 5.75. The summed E-state index contributed by atoms with van der Waals surface area (Å²) >= 11 is 0. The number of amides is 2.